The van der Waals surface area contributed by atoms with Crippen molar-refractivity contribution in [2.24, 2.45) is 5.41 Å². The van der Waals surface area contributed by atoms with Gasteiger partial charge in [0.2, 0.25) is 0 Å². The second-order valence-electron chi connectivity index (χ2n) is 5.05. The maximum atomic E-state index is 11.2. The first-order chi connectivity index (χ1) is 8.03. The van der Waals surface area contributed by atoms with E-state index in [1.807, 2.05) is 25.3 Å². The molecule has 1 N–H and O–H groups in total. The lowest BCUT2D eigenvalue weighted by Crippen LogP contribution is -2.32. The lowest BCUT2D eigenvalue weighted by molar-refractivity contribution is -0.147. The molecule has 17 heavy (non-hydrogen) atoms. The molecule has 4 heteroatoms. The number of carboxylic acid groups (broad SMARTS) is 1. The molecule has 0 aliphatic carbocycles. The number of hydrogen-bond donors (Lipinski definition) is 1. The molecule has 1 aliphatic rings. The van der Waals surface area contributed by atoms with Crippen molar-refractivity contribution >= 4 is 5.97 Å². The first kappa shape index (κ1) is 12.0. The number of likely N-dealkylation sites (tertiary alicyclic amines) is 1. The maximum Gasteiger partial charge on any atom is 0.310 e. The average Bonchev–Trinajstić information content (AvgIpc) is 2.74. The van der Waals surface area contributed by atoms with Crippen LogP contribution < -0.4 is 0 Å². The summed E-state index contributed by atoms with van der Waals surface area (Å²) in [5, 5.41) is 9.20. The van der Waals surface area contributed by atoms with Crippen molar-refractivity contribution in [2.45, 2.75) is 26.3 Å². The number of carbonyl (C=O) groups is 1. The molecular formula is C13H18N2O2. The molecule has 1 aliphatic heterocycles. The molecule has 2 unspecified atom stereocenters. The summed E-state index contributed by atoms with van der Waals surface area (Å²) in [5.41, 5.74) is 0.540. The molecule has 1 saturated heterocycles. The number of carboxylic acids is 1. The number of hydrogen-bond acceptors (Lipinski definition) is 3. The van der Waals surface area contributed by atoms with E-state index in [0.29, 0.717) is 13.0 Å². The van der Waals surface area contributed by atoms with E-state index in [-0.39, 0.29) is 6.04 Å². The Morgan fingerprint density at radius 1 is 1.65 bits per heavy atom. The fourth-order valence-electron chi connectivity index (χ4n) is 2.34. The van der Waals surface area contributed by atoms with Crippen LogP contribution in [0.2, 0.25) is 0 Å². The zero-order chi connectivity index (χ0) is 12.5. The van der Waals surface area contributed by atoms with Gasteiger partial charge in [0.05, 0.1) is 5.41 Å². The number of aromatic nitrogens is 1. The van der Waals surface area contributed by atoms with E-state index in [0.717, 1.165) is 12.1 Å². The van der Waals surface area contributed by atoms with E-state index in [4.69, 9.17) is 0 Å². The van der Waals surface area contributed by atoms with Gasteiger partial charge in [-0.3, -0.25) is 14.7 Å². The third kappa shape index (κ3) is 2.31. The topological polar surface area (TPSA) is 53.4 Å². The van der Waals surface area contributed by atoms with Crippen LogP contribution in [-0.4, -0.2) is 34.0 Å². The lowest BCUT2D eigenvalue weighted by Gasteiger charge is -2.26. The van der Waals surface area contributed by atoms with Gasteiger partial charge in [0, 0.05) is 25.0 Å². The highest BCUT2D eigenvalue weighted by Crippen LogP contribution is 2.35. The number of nitrogens with zero attached hydrogens (tertiary/aromatic N) is 2. The van der Waals surface area contributed by atoms with Crippen molar-refractivity contribution in [3.63, 3.8) is 0 Å². The number of rotatable bonds is 3. The fraction of sp³-hybridized carbons (Fsp3) is 0.538. The van der Waals surface area contributed by atoms with Crippen LogP contribution in [0.15, 0.2) is 24.5 Å². The van der Waals surface area contributed by atoms with Crippen molar-refractivity contribution in [2.75, 3.05) is 13.1 Å². The number of pyridine rings is 1. The second-order valence-corrected chi connectivity index (χ2v) is 5.05. The Morgan fingerprint density at radius 2 is 2.41 bits per heavy atom. The summed E-state index contributed by atoms with van der Waals surface area (Å²) in [6.45, 7) is 5.37. The molecule has 92 valence electrons. The molecule has 1 aromatic heterocycles. The molecular weight excluding hydrogens is 216 g/mol. The Hall–Kier alpha value is -1.42. The minimum atomic E-state index is -0.696. The van der Waals surface area contributed by atoms with Crippen LogP contribution in [0.3, 0.4) is 0 Å². The molecule has 1 aromatic rings. The highest BCUT2D eigenvalue weighted by molar-refractivity contribution is 5.74. The Balaban J connectivity index is 2.09. The summed E-state index contributed by atoms with van der Waals surface area (Å²) in [6.07, 6.45) is 4.32. The molecule has 2 atom stereocenters. The van der Waals surface area contributed by atoms with Gasteiger partial charge in [0.25, 0.3) is 0 Å². The molecule has 0 amide bonds. The van der Waals surface area contributed by atoms with Crippen molar-refractivity contribution < 1.29 is 9.90 Å². The van der Waals surface area contributed by atoms with Gasteiger partial charge in [-0.1, -0.05) is 6.07 Å². The Kier molecular flexibility index (Phi) is 3.15. The van der Waals surface area contributed by atoms with E-state index in [2.05, 4.69) is 16.8 Å². The van der Waals surface area contributed by atoms with Gasteiger partial charge in [-0.15, -0.1) is 0 Å². The van der Waals surface area contributed by atoms with E-state index < -0.39 is 11.4 Å². The first-order valence-electron chi connectivity index (χ1n) is 5.90. The van der Waals surface area contributed by atoms with E-state index in [1.54, 1.807) is 6.20 Å². The largest absolute Gasteiger partial charge is 0.481 e. The molecule has 0 bridgehead atoms. The van der Waals surface area contributed by atoms with Crippen molar-refractivity contribution in [3.8, 4) is 0 Å². The summed E-state index contributed by atoms with van der Waals surface area (Å²) in [6, 6.07) is 4.18. The van der Waals surface area contributed by atoms with Crippen LogP contribution in [0.5, 0.6) is 0 Å². The predicted molar refractivity (Wildman–Crippen MR) is 64.6 cm³/mol. The van der Waals surface area contributed by atoms with E-state index in [9.17, 15) is 9.90 Å². The predicted octanol–water partition coefficient (Wildman–Crippen LogP) is 1.94. The molecule has 0 aromatic carbocycles. The van der Waals surface area contributed by atoms with Crippen LogP contribution in [0.4, 0.5) is 0 Å². The summed E-state index contributed by atoms with van der Waals surface area (Å²) in [7, 11) is 0. The Bertz CT molecular complexity index is 407. The van der Waals surface area contributed by atoms with E-state index >= 15 is 0 Å². The molecule has 0 radical (unpaired) electrons. The third-order valence-corrected chi connectivity index (χ3v) is 3.73. The van der Waals surface area contributed by atoms with Crippen LogP contribution >= 0.6 is 0 Å². The average molecular weight is 234 g/mol. The van der Waals surface area contributed by atoms with Crippen LogP contribution in [0, 0.1) is 5.41 Å². The Morgan fingerprint density at radius 3 is 2.94 bits per heavy atom. The normalized spacial score (nSPS) is 26.9. The van der Waals surface area contributed by atoms with Gasteiger partial charge in [-0.05, 0) is 38.4 Å². The lowest BCUT2D eigenvalue weighted by atomic mass is 9.90. The summed E-state index contributed by atoms with van der Waals surface area (Å²) in [4.78, 5) is 17.5. The Labute approximate surface area is 101 Å². The van der Waals surface area contributed by atoms with Gasteiger partial charge in [0.15, 0.2) is 0 Å². The van der Waals surface area contributed by atoms with Gasteiger partial charge in [-0.2, -0.15) is 0 Å². The molecule has 1 fully saturated rings. The van der Waals surface area contributed by atoms with Gasteiger partial charge in [0.1, 0.15) is 0 Å². The zero-order valence-corrected chi connectivity index (χ0v) is 10.3. The first-order valence-corrected chi connectivity index (χ1v) is 5.90. The van der Waals surface area contributed by atoms with Crippen molar-refractivity contribution in [1.82, 2.24) is 9.88 Å². The summed E-state index contributed by atoms with van der Waals surface area (Å²) in [5.74, 6) is -0.696. The standard InChI is InChI=1S/C13H18N2O2/c1-10(11-4-3-6-14-8-11)15-7-5-13(2,9-15)12(16)17/h3-4,6,8,10H,5,7,9H2,1-2H3,(H,16,17). The van der Waals surface area contributed by atoms with E-state index in [1.165, 1.54) is 0 Å². The highest BCUT2D eigenvalue weighted by Gasteiger charge is 2.41. The minimum Gasteiger partial charge on any atom is -0.481 e. The molecule has 4 nitrogen and oxygen atoms in total. The van der Waals surface area contributed by atoms with Crippen LogP contribution in [-0.2, 0) is 4.79 Å². The molecule has 2 rings (SSSR count). The molecule has 0 saturated carbocycles. The van der Waals surface area contributed by atoms with Crippen molar-refractivity contribution in [1.29, 1.82) is 0 Å². The van der Waals surface area contributed by atoms with Crippen LogP contribution in [0.25, 0.3) is 0 Å². The van der Waals surface area contributed by atoms with Crippen molar-refractivity contribution in [3.05, 3.63) is 30.1 Å². The second kappa shape index (κ2) is 4.45. The number of aliphatic carboxylic acids is 1. The maximum absolute atomic E-state index is 11.2. The molecule has 2 heterocycles. The van der Waals surface area contributed by atoms with Crippen LogP contribution in [0.1, 0.15) is 31.9 Å². The highest BCUT2D eigenvalue weighted by atomic mass is 16.4. The third-order valence-electron chi connectivity index (χ3n) is 3.73. The van der Waals surface area contributed by atoms with Gasteiger partial charge < -0.3 is 5.11 Å². The van der Waals surface area contributed by atoms with Gasteiger partial charge in [-0.25, -0.2) is 0 Å². The van der Waals surface area contributed by atoms with Gasteiger partial charge >= 0.3 is 5.97 Å². The zero-order valence-electron chi connectivity index (χ0n) is 10.3. The smallest absolute Gasteiger partial charge is 0.310 e. The SMILES string of the molecule is CC(c1cccnc1)N1CCC(C)(C(=O)O)C1. The quantitative estimate of drug-likeness (QED) is 0.868. The minimum absolute atomic E-state index is 0.227. The fourth-order valence-corrected chi connectivity index (χ4v) is 2.34. The summed E-state index contributed by atoms with van der Waals surface area (Å²) < 4.78 is 0. The molecule has 0 spiro atoms. The summed E-state index contributed by atoms with van der Waals surface area (Å²) >= 11 is 0. The monoisotopic (exact) mass is 234 g/mol.